The highest BCUT2D eigenvalue weighted by Crippen LogP contribution is 2.27. The number of benzene rings is 2. The zero-order valence-corrected chi connectivity index (χ0v) is 13.8. The summed E-state index contributed by atoms with van der Waals surface area (Å²) in [6.07, 6.45) is 0.871. The zero-order valence-electron chi connectivity index (χ0n) is 12.2. The van der Waals surface area contributed by atoms with Crippen LogP contribution in [-0.2, 0) is 16.4 Å². The van der Waals surface area contributed by atoms with E-state index in [1.54, 1.807) is 12.1 Å². The molecule has 0 amide bonds. The molecule has 0 radical (unpaired) electrons. The van der Waals surface area contributed by atoms with Crippen molar-refractivity contribution in [1.82, 2.24) is 9.97 Å². The number of aryl methyl sites for hydroxylation is 1. The molecule has 1 aromatic heterocycles. The maximum absolute atomic E-state index is 12.5. The lowest BCUT2D eigenvalue weighted by atomic mass is 10.2. The number of aromatic nitrogens is 2. The predicted octanol–water partition coefficient (Wildman–Crippen LogP) is 2.87. The lowest BCUT2D eigenvalue weighted by molar-refractivity contribution is 0.601. The van der Waals surface area contributed by atoms with Crippen LogP contribution in [-0.4, -0.2) is 18.4 Å². The minimum atomic E-state index is -3.86. The molecule has 0 aliphatic heterocycles. The molecule has 0 unspecified atom stereocenters. The van der Waals surface area contributed by atoms with Crippen molar-refractivity contribution >= 4 is 38.3 Å². The molecule has 6 nitrogen and oxygen atoms in total. The van der Waals surface area contributed by atoms with E-state index in [9.17, 15) is 13.2 Å². The maximum atomic E-state index is 12.5. The second-order valence-corrected chi connectivity index (χ2v) is 7.12. The number of hydrogen-bond acceptors (Lipinski definition) is 3. The topological polar surface area (TPSA) is 94.8 Å². The molecule has 0 atom stereocenters. The number of anilines is 1. The van der Waals surface area contributed by atoms with Gasteiger partial charge in [-0.05, 0) is 36.2 Å². The molecular weight excluding hydrogens is 338 g/mol. The van der Waals surface area contributed by atoms with Gasteiger partial charge in [0.05, 0.1) is 16.1 Å². The van der Waals surface area contributed by atoms with E-state index < -0.39 is 15.7 Å². The Morgan fingerprint density at radius 3 is 2.30 bits per heavy atom. The lowest BCUT2D eigenvalue weighted by Crippen LogP contribution is -2.13. The van der Waals surface area contributed by atoms with E-state index in [0.29, 0.717) is 16.7 Å². The minimum absolute atomic E-state index is 0.0328. The Balaban J connectivity index is 2.01. The first kappa shape index (κ1) is 15.6. The van der Waals surface area contributed by atoms with Gasteiger partial charge in [-0.2, -0.15) is 0 Å². The Morgan fingerprint density at radius 1 is 1.09 bits per heavy atom. The number of nitrogens with one attached hydrogen (secondary N) is 3. The van der Waals surface area contributed by atoms with Gasteiger partial charge in [0.15, 0.2) is 0 Å². The van der Waals surface area contributed by atoms with Crippen molar-refractivity contribution in [3.8, 4) is 0 Å². The minimum Gasteiger partial charge on any atom is -0.306 e. The summed E-state index contributed by atoms with van der Waals surface area (Å²) < 4.78 is 27.5. The quantitative estimate of drug-likeness (QED) is 0.674. The van der Waals surface area contributed by atoms with Gasteiger partial charge in [-0.15, -0.1) is 0 Å². The molecule has 0 bridgehead atoms. The average Bonchev–Trinajstić information content (AvgIpc) is 2.85. The Hall–Kier alpha value is -2.25. The highest BCUT2D eigenvalue weighted by molar-refractivity contribution is 7.92. The van der Waals surface area contributed by atoms with Gasteiger partial charge in [0.2, 0.25) is 0 Å². The van der Waals surface area contributed by atoms with Crippen molar-refractivity contribution in [2.45, 2.75) is 18.2 Å². The molecule has 23 heavy (non-hydrogen) atoms. The molecule has 0 saturated carbocycles. The van der Waals surface area contributed by atoms with Crippen LogP contribution in [0.1, 0.15) is 12.5 Å². The van der Waals surface area contributed by atoms with E-state index in [0.717, 1.165) is 12.0 Å². The molecular formula is C15H14ClN3O3S. The van der Waals surface area contributed by atoms with Crippen molar-refractivity contribution in [3.05, 3.63) is 57.5 Å². The highest BCUT2D eigenvalue weighted by Gasteiger charge is 2.19. The smallest absolute Gasteiger partial charge is 0.306 e. The van der Waals surface area contributed by atoms with Gasteiger partial charge in [0.25, 0.3) is 10.0 Å². The average molecular weight is 352 g/mol. The number of hydrogen-bond donors (Lipinski definition) is 3. The largest absolute Gasteiger partial charge is 0.323 e. The Labute approximate surface area is 137 Å². The van der Waals surface area contributed by atoms with Crippen molar-refractivity contribution in [1.29, 1.82) is 0 Å². The normalized spacial score (nSPS) is 11.7. The molecule has 120 valence electrons. The Morgan fingerprint density at radius 2 is 1.70 bits per heavy atom. The Bertz CT molecular complexity index is 1020. The van der Waals surface area contributed by atoms with Gasteiger partial charge in [-0.3, -0.25) is 4.72 Å². The second-order valence-electron chi connectivity index (χ2n) is 5.06. The predicted molar refractivity (Wildman–Crippen MR) is 90.6 cm³/mol. The fourth-order valence-corrected chi connectivity index (χ4v) is 3.87. The molecule has 0 aliphatic rings. The molecule has 3 aromatic rings. The molecule has 0 saturated heterocycles. The van der Waals surface area contributed by atoms with E-state index in [1.165, 1.54) is 12.1 Å². The standard InChI is InChI=1S/C15H14ClN3O3S/c1-2-9-3-5-10(6-4-9)19-23(21,22)14-8-13-12(7-11(14)16)17-15(20)18-13/h3-8,19H,2H2,1H3,(H2,17,18,20). The molecule has 3 N–H and O–H groups in total. The van der Waals surface area contributed by atoms with Crippen LogP contribution in [0, 0.1) is 0 Å². The van der Waals surface area contributed by atoms with Crippen LogP contribution in [0.2, 0.25) is 5.02 Å². The molecule has 3 rings (SSSR count). The fourth-order valence-electron chi connectivity index (χ4n) is 2.26. The van der Waals surface area contributed by atoms with Gasteiger partial charge in [0.1, 0.15) is 4.90 Å². The maximum Gasteiger partial charge on any atom is 0.323 e. The number of aromatic amines is 2. The van der Waals surface area contributed by atoms with E-state index in [2.05, 4.69) is 14.7 Å². The van der Waals surface area contributed by atoms with E-state index >= 15 is 0 Å². The van der Waals surface area contributed by atoms with Crippen molar-refractivity contribution in [2.24, 2.45) is 0 Å². The van der Waals surface area contributed by atoms with E-state index in [-0.39, 0.29) is 9.92 Å². The molecule has 1 heterocycles. The SMILES string of the molecule is CCc1ccc(NS(=O)(=O)c2cc3[nH]c(=O)[nH]c3cc2Cl)cc1. The van der Waals surface area contributed by atoms with Gasteiger partial charge >= 0.3 is 5.69 Å². The molecule has 0 spiro atoms. The molecule has 8 heteroatoms. The number of fused-ring (bicyclic) bond motifs is 1. The first-order valence-electron chi connectivity index (χ1n) is 6.92. The summed E-state index contributed by atoms with van der Waals surface area (Å²) in [5, 5.41) is 0.0328. The summed E-state index contributed by atoms with van der Waals surface area (Å²) in [5.41, 5.74) is 1.96. The van der Waals surface area contributed by atoms with Gasteiger partial charge in [-0.1, -0.05) is 30.7 Å². The summed E-state index contributed by atoms with van der Waals surface area (Å²) in [4.78, 5) is 16.2. The fraction of sp³-hybridized carbons (Fsp3) is 0.133. The number of imidazole rings is 1. The molecule has 0 aliphatic carbocycles. The van der Waals surface area contributed by atoms with Crippen LogP contribution < -0.4 is 10.4 Å². The first-order chi connectivity index (χ1) is 10.9. The monoisotopic (exact) mass is 351 g/mol. The van der Waals surface area contributed by atoms with Crippen molar-refractivity contribution < 1.29 is 8.42 Å². The van der Waals surface area contributed by atoms with E-state index in [1.807, 2.05) is 19.1 Å². The lowest BCUT2D eigenvalue weighted by Gasteiger charge is -2.10. The summed E-state index contributed by atoms with van der Waals surface area (Å²) in [5.74, 6) is 0. The second kappa shape index (κ2) is 5.75. The van der Waals surface area contributed by atoms with E-state index in [4.69, 9.17) is 11.6 Å². The van der Waals surface area contributed by atoms with Crippen LogP contribution in [0.4, 0.5) is 5.69 Å². The van der Waals surface area contributed by atoms with Crippen LogP contribution in [0.25, 0.3) is 11.0 Å². The number of rotatable bonds is 4. The number of sulfonamides is 1. The molecule has 2 aromatic carbocycles. The summed E-state index contributed by atoms with van der Waals surface area (Å²) in [7, 11) is -3.86. The van der Waals surface area contributed by atoms with Crippen LogP contribution in [0.15, 0.2) is 46.1 Å². The summed E-state index contributed by atoms with van der Waals surface area (Å²) in [6.45, 7) is 2.02. The van der Waals surface area contributed by atoms with Crippen LogP contribution in [0.5, 0.6) is 0 Å². The third-order valence-corrected chi connectivity index (χ3v) is 5.32. The highest BCUT2D eigenvalue weighted by atomic mass is 35.5. The Kier molecular flexibility index (Phi) is 3.91. The van der Waals surface area contributed by atoms with Crippen molar-refractivity contribution in [2.75, 3.05) is 4.72 Å². The zero-order chi connectivity index (χ0) is 16.6. The number of halogens is 1. The van der Waals surface area contributed by atoms with Crippen LogP contribution >= 0.6 is 11.6 Å². The summed E-state index contributed by atoms with van der Waals surface area (Å²) in [6, 6.07) is 9.84. The third kappa shape index (κ3) is 3.11. The van der Waals surface area contributed by atoms with Crippen LogP contribution in [0.3, 0.4) is 0 Å². The summed E-state index contributed by atoms with van der Waals surface area (Å²) >= 11 is 6.06. The van der Waals surface area contributed by atoms with Gasteiger partial charge < -0.3 is 9.97 Å². The third-order valence-electron chi connectivity index (χ3n) is 3.47. The first-order valence-corrected chi connectivity index (χ1v) is 8.78. The van der Waals surface area contributed by atoms with Gasteiger partial charge in [-0.25, -0.2) is 13.2 Å². The van der Waals surface area contributed by atoms with Crippen molar-refractivity contribution in [3.63, 3.8) is 0 Å². The molecule has 0 fully saturated rings. The number of H-pyrrole nitrogens is 2. The van der Waals surface area contributed by atoms with Gasteiger partial charge in [0, 0.05) is 5.69 Å².